The van der Waals surface area contributed by atoms with Gasteiger partial charge in [-0.15, -0.1) is 0 Å². The number of ether oxygens (including phenoxy) is 2. The van der Waals surface area contributed by atoms with Crippen LogP contribution in [0, 0.1) is 0 Å². The maximum Gasteiger partial charge on any atom is 0.472 e. The first-order chi connectivity index (χ1) is 45.3. The topological polar surface area (TPSA) is 134 Å². The SMILES string of the molecule is CC/C=C\C/C=C\C/C=C\C/C=C\C/C=C\C/C=C\C/C=C\C/C=C\CCCCCCCCCCCCCCCCCCC(=O)OC(COC(=O)CCCCCCCCCCCCCCCCCCCCCCCCCCCCCCCC)COP(=O)(O)OCCN. The smallest absolute Gasteiger partial charge is 0.462 e. The predicted molar refractivity (Wildman–Crippen MR) is 399 cm³/mol. The quantitative estimate of drug-likeness (QED) is 0.0264. The normalized spacial score (nSPS) is 13.4. The third-order valence-corrected chi connectivity index (χ3v) is 18.2. The number of hydrogen-bond acceptors (Lipinski definition) is 8. The highest BCUT2D eigenvalue weighted by atomic mass is 31.2. The Bertz CT molecular complexity index is 1830. The lowest BCUT2D eigenvalue weighted by Crippen LogP contribution is -2.29. The Kier molecular flexibility index (Phi) is 74.4. The molecule has 0 aromatic carbocycles. The van der Waals surface area contributed by atoms with E-state index < -0.39 is 26.5 Å². The van der Waals surface area contributed by atoms with Crippen LogP contribution in [-0.2, 0) is 32.7 Å². The van der Waals surface area contributed by atoms with Gasteiger partial charge in [-0.05, 0) is 77.0 Å². The van der Waals surface area contributed by atoms with E-state index in [1.165, 1.54) is 257 Å². The van der Waals surface area contributed by atoms with Gasteiger partial charge in [0, 0.05) is 19.4 Å². The highest BCUT2D eigenvalue weighted by Gasteiger charge is 2.26. The fourth-order valence-corrected chi connectivity index (χ4v) is 12.2. The Labute approximate surface area is 569 Å². The minimum Gasteiger partial charge on any atom is -0.462 e. The molecule has 2 atom stereocenters. The van der Waals surface area contributed by atoms with Crippen LogP contribution in [0.5, 0.6) is 0 Å². The minimum atomic E-state index is -4.40. The highest BCUT2D eigenvalue weighted by Crippen LogP contribution is 2.43. The summed E-state index contributed by atoms with van der Waals surface area (Å²) < 4.78 is 33.3. The van der Waals surface area contributed by atoms with Crippen LogP contribution in [0.25, 0.3) is 0 Å². The molecule has 2 unspecified atom stereocenters. The third kappa shape index (κ3) is 76.0. The standard InChI is InChI=1S/C82H148NO8P/c1-3-5-7-9-11-13-15-17-19-21-23-25-27-29-31-33-35-36-37-38-39-40-41-42-43-44-45-47-49-51-53-55-57-59-61-63-65-67-69-71-73-75-82(85)91-80(79-90-92(86,87)89-77-76-83)78-88-81(84)74-72-70-68-66-64-62-60-58-56-54-52-50-48-46-34-32-30-28-26-24-22-20-18-16-14-12-10-8-6-4-2/h5,7,11,13,17,19,23,25,29,31,35-36,38-39,41-42,80H,3-4,6,8-10,12,14-16,18,20-22,24,26-28,30,32-34,37,40,43-79,83H2,1-2H3,(H,86,87)/b7-5-,13-11-,19-17-,25-23-,31-29-,36-35-,39-38-,42-41-. The molecule has 3 N–H and O–H groups in total. The fraction of sp³-hybridized carbons (Fsp3) is 0.780. The van der Waals surface area contributed by atoms with Gasteiger partial charge in [0.2, 0.25) is 0 Å². The first-order valence-corrected chi connectivity index (χ1v) is 40.7. The van der Waals surface area contributed by atoms with Gasteiger partial charge in [-0.2, -0.15) is 0 Å². The molecule has 0 saturated carbocycles. The maximum atomic E-state index is 12.8. The summed E-state index contributed by atoms with van der Waals surface area (Å²) >= 11 is 0. The van der Waals surface area contributed by atoms with E-state index in [9.17, 15) is 19.0 Å². The lowest BCUT2D eigenvalue weighted by atomic mass is 10.0. The molecule has 0 rings (SSSR count). The number of hydrogen-bond donors (Lipinski definition) is 2. The van der Waals surface area contributed by atoms with Crippen molar-refractivity contribution in [3.05, 3.63) is 97.2 Å². The average Bonchev–Trinajstić information content (AvgIpc) is 2.98. The van der Waals surface area contributed by atoms with Gasteiger partial charge in [0.25, 0.3) is 0 Å². The number of esters is 2. The van der Waals surface area contributed by atoms with Crippen molar-refractivity contribution in [1.82, 2.24) is 0 Å². The summed E-state index contributed by atoms with van der Waals surface area (Å²) in [4.78, 5) is 35.4. The number of allylic oxidation sites excluding steroid dienone is 16. The van der Waals surface area contributed by atoms with Crippen LogP contribution in [0.4, 0.5) is 0 Å². The van der Waals surface area contributed by atoms with E-state index in [4.69, 9.17) is 24.3 Å². The van der Waals surface area contributed by atoms with Crippen molar-refractivity contribution < 1.29 is 37.6 Å². The van der Waals surface area contributed by atoms with Crippen LogP contribution in [0.2, 0.25) is 0 Å². The van der Waals surface area contributed by atoms with Crippen LogP contribution < -0.4 is 5.73 Å². The van der Waals surface area contributed by atoms with Gasteiger partial charge in [0.15, 0.2) is 6.10 Å². The third-order valence-electron chi connectivity index (χ3n) is 17.2. The summed E-state index contributed by atoms with van der Waals surface area (Å²) in [5.74, 6) is -0.810. The lowest BCUT2D eigenvalue weighted by Gasteiger charge is -2.19. The van der Waals surface area contributed by atoms with Crippen molar-refractivity contribution in [3.63, 3.8) is 0 Å². The van der Waals surface area contributed by atoms with Gasteiger partial charge in [-0.25, -0.2) is 4.57 Å². The molecule has 0 aromatic heterocycles. The van der Waals surface area contributed by atoms with Gasteiger partial charge < -0.3 is 20.1 Å². The largest absolute Gasteiger partial charge is 0.472 e. The molecule has 0 aromatic rings. The van der Waals surface area contributed by atoms with E-state index in [-0.39, 0.29) is 38.6 Å². The molecule has 0 spiro atoms. The number of phosphoric acid groups is 1. The molecule has 534 valence electrons. The Morgan fingerprint density at radius 3 is 0.891 bits per heavy atom. The van der Waals surface area contributed by atoms with Crippen molar-refractivity contribution >= 4 is 19.8 Å². The summed E-state index contributed by atoms with van der Waals surface area (Å²) in [6.07, 6.45) is 105. The zero-order chi connectivity index (χ0) is 66.5. The van der Waals surface area contributed by atoms with Gasteiger partial charge >= 0.3 is 19.8 Å². The van der Waals surface area contributed by atoms with Crippen LogP contribution in [-0.4, -0.2) is 49.3 Å². The summed E-state index contributed by atoms with van der Waals surface area (Å²) in [6.45, 7) is 3.69. The fourth-order valence-electron chi connectivity index (χ4n) is 11.5. The second-order valence-electron chi connectivity index (χ2n) is 26.2. The Hall–Kier alpha value is -3.07. The van der Waals surface area contributed by atoms with Crippen LogP contribution in [0.15, 0.2) is 97.2 Å². The number of nitrogens with two attached hydrogens (primary N) is 1. The van der Waals surface area contributed by atoms with Crippen LogP contribution in [0.3, 0.4) is 0 Å². The average molecular weight is 1310 g/mol. The zero-order valence-corrected chi connectivity index (χ0v) is 61.2. The van der Waals surface area contributed by atoms with Crippen LogP contribution in [0.1, 0.15) is 380 Å². The van der Waals surface area contributed by atoms with Gasteiger partial charge in [0.1, 0.15) is 6.61 Å². The molecule has 0 amide bonds. The Morgan fingerprint density at radius 1 is 0.337 bits per heavy atom. The summed E-state index contributed by atoms with van der Waals surface area (Å²) in [7, 11) is -4.40. The van der Waals surface area contributed by atoms with Crippen molar-refractivity contribution in [2.24, 2.45) is 5.73 Å². The number of carbonyl (C=O) groups excluding carboxylic acids is 2. The van der Waals surface area contributed by atoms with Crippen molar-refractivity contribution in [1.29, 1.82) is 0 Å². The molecular formula is C82H148NO8P. The molecule has 0 saturated heterocycles. The molecule has 0 aliphatic heterocycles. The van der Waals surface area contributed by atoms with E-state index in [1.54, 1.807) is 0 Å². The van der Waals surface area contributed by atoms with Crippen molar-refractivity contribution in [2.45, 2.75) is 386 Å². The summed E-state index contributed by atoms with van der Waals surface area (Å²) in [5, 5.41) is 0. The molecule has 0 bridgehead atoms. The lowest BCUT2D eigenvalue weighted by molar-refractivity contribution is -0.161. The number of phosphoric ester groups is 1. The molecule has 0 fully saturated rings. The monoisotopic (exact) mass is 1310 g/mol. The minimum absolute atomic E-state index is 0.0532. The molecule has 0 aliphatic carbocycles. The molecule has 0 heterocycles. The number of carbonyl (C=O) groups is 2. The highest BCUT2D eigenvalue weighted by molar-refractivity contribution is 7.47. The first kappa shape index (κ1) is 88.9. The second-order valence-corrected chi connectivity index (χ2v) is 27.7. The molecule has 10 heteroatoms. The Morgan fingerprint density at radius 2 is 0.598 bits per heavy atom. The Balaban J connectivity index is 3.81. The van der Waals surface area contributed by atoms with Gasteiger partial charge in [0.05, 0.1) is 13.2 Å². The van der Waals surface area contributed by atoms with E-state index in [0.29, 0.717) is 6.42 Å². The van der Waals surface area contributed by atoms with E-state index in [1.807, 2.05) is 0 Å². The van der Waals surface area contributed by atoms with Crippen molar-refractivity contribution in [3.8, 4) is 0 Å². The number of unbranched alkanes of at least 4 members (excludes halogenated alkanes) is 45. The maximum absolute atomic E-state index is 12.8. The van der Waals surface area contributed by atoms with E-state index in [2.05, 4.69) is 111 Å². The number of rotatable bonds is 74. The van der Waals surface area contributed by atoms with Gasteiger partial charge in [-0.3, -0.25) is 18.6 Å². The molecule has 0 radical (unpaired) electrons. The van der Waals surface area contributed by atoms with E-state index in [0.717, 1.165) is 89.9 Å². The second kappa shape index (κ2) is 76.9. The zero-order valence-electron chi connectivity index (χ0n) is 60.3. The summed E-state index contributed by atoms with van der Waals surface area (Å²) in [5.41, 5.74) is 5.41. The molecular weight excluding hydrogens is 1160 g/mol. The molecule has 0 aliphatic rings. The first-order valence-electron chi connectivity index (χ1n) is 39.2. The summed E-state index contributed by atoms with van der Waals surface area (Å²) in [6, 6.07) is 0. The van der Waals surface area contributed by atoms with Gasteiger partial charge in [-0.1, -0.05) is 387 Å². The van der Waals surface area contributed by atoms with Crippen LogP contribution >= 0.6 is 7.82 Å². The van der Waals surface area contributed by atoms with Crippen molar-refractivity contribution in [2.75, 3.05) is 26.4 Å². The molecule has 92 heavy (non-hydrogen) atoms. The van der Waals surface area contributed by atoms with E-state index >= 15 is 0 Å². The predicted octanol–water partition coefficient (Wildman–Crippen LogP) is 26.3. The molecule has 9 nitrogen and oxygen atoms in total.